The van der Waals surface area contributed by atoms with Crippen LogP contribution in [-0.2, 0) is 6.42 Å². The van der Waals surface area contributed by atoms with Crippen LogP contribution in [0.2, 0.25) is 0 Å². The van der Waals surface area contributed by atoms with Crippen molar-refractivity contribution in [2.24, 2.45) is 0 Å². The van der Waals surface area contributed by atoms with E-state index in [1.54, 1.807) is 11.3 Å². The van der Waals surface area contributed by atoms with Crippen LogP contribution in [0.1, 0.15) is 16.7 Å². The van der Waals surface area contributed by atoms with Crippen molar-refractivity contribution in [1.29, 1.82) is 0 Å². The van der Waals surface area contributed by atoms with E-state index in [-0.39, 0.29) is 11.3 Å². The first-order chi connectivity index (χ1) is 11.7. The fraction of sp³-hybridized carbons (Fsp3) is 0.0952. The van der Waals surface area contributed by atoms with Crippen LogP contribution in [0.5, 0.6) is 5.75 Å². The van der Waals surface area contributed by atoms with E-state index in [9.17, 15) is 9.90 Å². The van der Waals surface area contributed by atoms with E-state index in [1.807, 2.05) is 66.7 Å². The third-order valence-corrected chi connectivity index (χ3v) is 4.54. The largest absolute Gasteiger partial charge is 0.507 e. The molecule has 3 nitrogen and oxygen atoms in total. The summed E-state index contributed by atoms with van der Waals surface area (Å²) in [7, 11) is 0. The summed E-state index contributed by atoms with van der Waals surface area (Å²) in [6.45, 7) is 1.68. The fourth-order valence-electron chi connectivity index (χ4n) is 3.25. The Morgan fingerprint density at radius 1 is 0.875 bits per heavy atom. The summed E-state index contributed by atoms with van der Waals surface area (Å²) in [5.74, 6) is 0.0964. The van der Waals surface area contributed by atoms with E-state index in [0.29, 0.717) is 12.0 Å². The molecule has 0 radical (unpaired) electrons. The van der Waals surface area contributed by atoms with Crippen LogP contribution in [0.4, 0.5) is 0 Å². The van der Waals surface area contributed by atoms with Crippen LogP contribution < -0.4 is 5.56 Å². The number of aromatic hydroxyl groups is 1. The van der Waals surface area contributed by atoms with Gasteiger partial charge in [0.1, 0.15) is 5.75 Å². The van der Waals surface area contributed by atoms with Crippen molar-refractivity contribution < 1.29 is 5.11 Å². The van der Waals surface area contributed by atoms with Crippen LogP contribution in [0.25, 0.3) is 16.4 Å². The first-order valence-corrected chi connectivity index (χ1v) is 7.95. The summed E-state index contributed by atoms with van der Waals surface area (Å²) in [6.07, 6.45) is 0.579. The van der Waals surface area contributed by atoms with Crippen LogP contribution in [0.3, 0.4) is 0 Å². The highest BCUT2D eigenvalue weighted by atomic mass is 16.3. The zero-order valence-electron chi connectivity index (χ0n) is 13.4. The lowest BCUT2D eigenvalue weighted by atomic mass is 10.0. The maximum atomic E-state index is 12.8. The first-order valence-electron chi connectivity index (χ1n) is 7.95. The number of para-hydroxylation sites is 1. The van der Waals surface area contributed by atoms with Gasteiger partial charge in [0.05, 0.1) is 16.6 Å². The molecule has 118 valence electrons. The maximum absolute atomic E-state index is 12.8. The number of fused-ring (bicyclic) bond motifs is 3. The molecule has 1 N–H and O–H groups in total. The van der Waals surface area contributed by atoms with E-state index in [1.165, 1.54) is 0 Å². The average Bonchev–Trinajstić information content (AvgIpc) is 2.63. The first kappa shape index (κ1) is 14.5. The monoisotopic (exact) mass is 315 g/mol. The summed E-state index contributed by atoms with van der Waals surface area (Å²) in [5, 5.41) is 11.6. The highest BCUT2D eigenvalue weighted by Gasteiger charge is 2.16. The van der Waals surface area contributed by atoms with Gasteiger partial charge in [-0.3, -0.25) is 9.20 Å². The van der Waals surface area contributed by atoms with Gasteiger partial charge in [0.25, 0.3) is 5.56 Å². The molecule has 4 aromatic rings. The lowest BCUT2D eigenvalue weighted by molar-refractivity contribution is 0.464. The van der Waals surface area contributed by atoms with Crippen molar-refractivity contribution in [1.82, 2.24) is 4.40 Å². The van der Waals surface area contributed by atoms with Gasteiger partial charge >= 0.3 is 0 Å². The second-order valence-corrected chi connectivity index (χ2v) is 6.03. The molecule has 3 heteroatoms. The van der Waals surface area contributed by atoms with Crippen molar-refractivity contribution in [2.45, 2.75) is 13.3 Å². The SMILES string of the molecule is Cc1c(O)c(Cc2ccccc2)c2ccc3ccccc3n2c1=O. The molecule has 0 unspecified atom stereocenters. The summed E-state index contributed by atoms with van der Waals surface area (Å²) >= 11 is 0. The fourth-order valence-corrected chi connectivity index (χ4v) is 3.25. The van der Waals surface area contributed by atoms with E-state index in [0.717, 1.165) is 27.5 Å². The summed E-state index contributed by atoms with van der Waals surface area (Å²) in [5.41, 5.74) is 3.71. The Bertz CT molecular complexity index is 1110. The van der Waals surface area contributed by atoms with Gasteiger partial charge in [-0.1, -0.05) is 54.6 Å². The van der Waals surface area contributed by atoms with Gasteiger partial charge in [-0.25, -0.2) is 0 Å². The molecule has 2 heterocycles. The molecular weight excluding hydrogens is 298 g/mol. The lowest BCUT2D eigenvalue weighted by Crippen LogP contribution is -2.19. The molecule has 0 amide bonds. The van der Waals surface area contributed by atoms with Crippen molar-refractivity contribution in [2.75, 3.05) is 0 Å². The van der Waals surface area contributed by atoms with E-state index >= 15 is 0 Å². The Labute approximate surface area is 139 Å². The van der Waals surface area contributed by atoms with Crippen LogP contribution in [0, 0.1) is 6.92 Å². The quantitative estimate of drug-likeness (QED) is 0.567. The second kappa shape index (κ2) is 5.53. The minimum absolute atomic E-state index is 0.0964. The van der Waals surface area contributed by atoms with Gasteiger partial charge in [-0.2, -0.15) is 0 Å². The highest BCUT2D eigenvalue weighted by Crippen LogP contribution is 2.28. The number of benzene rings is 2. The van der Waals surface area contributed by atoms with Crippen molar-refractivity contribution in [3.05, 3.63) is 93.8 Å². The minimum atomic E-state index is -0.170. The molecule has 2 aromatic carbocycles. The molecule has 0 saturated heterocycles. The van der Waals surface area contributed by atoms with Gasteiger partial charge in [0, 0.05) is 12.0 Å². The maximum Gasteiger partial charge on any atom is 0.262 e. The van der Waals surface area contributed by atoms with Gasteiger partial charge in [0.15, 0.2) is 0 Å². The number of rotatable bonds is 2. The molecule has 0 spiro atoms. The molecule has 0 atom stereocenters. The Morgan fingerprint density at radius 3 is 2.38 bits per heavy atom. The third-order valence-electron chi connectivity index (χ3n) is 4.54. The van der Waals surface area contributed by atoms with Crippen LogP contribution in [-0.4, -0.2) is 9.51 Å². The second-order valence-electron chi connectivity index (χ2n) is 6.03. The zero-order chi connectivity index (χ0) is 16.7. The zero-order valence-corrected chi connectivity index (χ0v) is 13.4. The number of hydrogen-bond donors (Lipinski definition) is 1. The van der Waals surface area contributed by atoms with Gasteiger partial charge in [0.2, 0.25) is 0 Å². The molecule has 0 fully saturated rings. The molecule has 2 aromatic heterocycles. The Morgan fingerprint density at radius 2 is 1.58 bits per heavy atom. The predicted molar refractivity (Wildman–Crippen MR) is 96.8 cm³/mol. The van der Waals surface area contributed by atoms with E-state index in [2.05, 4.69) is 0 Å². The molecule has 0 saturated carbocycles. The van der Waals surface area contributed by atoms with Crippen molar-refractivity contribution >= 4 is 16.4 Å². The number of nitrogens with zero attached hydrogens (tertiary/aromatic N) is 1. The topological polar surface area (TPSA) is 41.7 Å². The molecule has 0 bridgehead atoms. The van der Waals surface area contributed by atoms with Crippen LogP contribution in [0.15, 0.2) is 71.5 Å². The minimum Gasteiger partial charge on any atom is -0.507 e. The summed E-state index contributed by atoms with van der Waals surface area (Å²) in [6, 6.07) is 21.7. The Kier molecular flexibility index (Phi) is 3.35. The molecule has 24 heavy (non-hydrogen) atoms. The smallest absolute Gasteiger partial charge is 0.262 e. The molecule has 0 aliphatic rings. The normalized spacial score (nSPS) is 11.2. The van der Waals surface area contributed by atoms with Crippen molar-refractivity contribution in [3.8, 4) is 5.75 Å². The van der Waals surface area contributed by atoms with Gasteiger partial charge in [-0.15, -0.1) is 0 Å². The van der Waals surface area contributed by atoms with Gasteiger partial charge in [-0.05, 0) is 30.0 Å². The summed E-state index contributed by atoms with van der Waals surface area (Å²) < 4.78 is 1.71. The van der Waals surface area contributed by atoms with Crippen LogP contribution >= 0.6 is 0 Å². The van der Waals surface area contributed by atoms with E-state index < -0.39 is 0 Å². The Hall–Kier alpha value is -3.07. The third kappa shape index (κ3) is 2.17. The summed E-state index contributed by atoms with van der Waals surface area (Å²) in [4.78, 5) is 12.8. The Balaban J connectivity index is 2.10. The molecule has 0 aliphatic heterocycles. The molecular formula is C21H17NO2. The number of pyridine rings is 2. The predicted octanol–water partition coefficient (Wildman–Crippen LogP) is 4.06. The number of aromatic nitrogens is 1. The standard InChI is InChI=1S/C21H17NO2/c1-14-20(23)17(13-15-7-3-2-4-8-15)19-12-11-16-9-5-6-10-18(16)22(19)21(14)24/h2-12,23H,13H2,1H3. The highest BCUT2D eigenvalue weighted by molar-refractivity contribution is 5.84. The van der Waals surface area contributed by atoms with E-state index in [4.69, 9.17) is 0 Å². The van der Waals surface area contributed by atoms with Crippen molar-refractivity contribution in [3.63, 3.8) is 0 Å². The molecule has 4 rings (SSSR count). The van der Waals surface area contributed by atoms with Gasteiger partial charge < -0.3 is 5.11 Å². The average molecular weight is 315 g/mol. The number of hydrogen-bond acceptors (Lipinski definition) is 2. The molecule has 0 aliphatic carbocycles. The lowest BCUT2D eigenvalue weighted by Gasteiger charge is -2.14.